The third-order valence-corrected chi connectivity index (χ3v) is 5.07. The van der Waals surface area contributed by atoms with Gasteiger partial charge in [-0.05, 0) is 48.7 Å². The van der Waals surface area contributed by atoms with Gasteiger partial charge in [0.2, 0.25) is 11.8 Å². The minimum absolute atomic E-state index is 0.0327. The molecule has 2 atom stereocenters. The number of carbonyl (C=O) groups is 2. The molecule has 7 heteroatoms. The zero-order chi connectivity index (χ0) is 21.5. The molecule has 0 aliphatic carbocycles. The highest BCUT2D eigenvalue weighted by Gasteiger charge is 2.24. The molecule has 160 valence electrons. The van der Waals surface area contributed by atoms with Crippen LogP contribution in [0.3, 0.4) is 0 Å². The van der Waals surface area contributed by atoms with Crippen molar-refractivity contribution >= 4 is 17.5 Å². The van der Waals surface area contributed by atoms with Gasteiger partial charge < -0.3 is 24.8 Å². The van der Waals surface area contributed by atoms with E-state index < -0.39 is 0 Å². The van der Waals surface area contributed by atoms with E-state index in [2.05, 4.69) is 10.6 Å². The van der Waals surface area contributed by atoms with Gasteiger partial charge in [-0.2, -0.15) is 0 Å². The molecule has 0 unspecified atom stereocenters. The average molecular weight is 412 g/mol. The van der Waals surface area contributed by atoms with Gasteiger partial charge in [-0.25, -0.2) is 0 Å². The van der Waals surface area contributed by atoms with Crippen molar-refractivity contribution < 1.29 is 23.8 Å². The maximum Gasteiger partial charge on any atom is 0.228 e. The Morgan fingerprint density at radius 1 is 1.13 bits per heavy atom. The Hall–Kier alpha value is -3.06. The Morgan fingerprint density at radius 3 is 2.70 bits per heavy atom. The van der Waals surface area contributed by atoms with Gasteiger partial charge in [-0.3, -0.25) is 9.59 Å². The summed E-state index contributed by atoms with van der Waals surface area (Å²) in [6, 6.07) is 13.1. The van der Waals surface area contributed by atoms with E-state index in [0.29, 0.717) is 30.2 Å². The first-order chi connectivity index (χ1) is 14.5. The van der Waals surface area contributed by atoms with E-state index in [1.165, 1.54) is 6.92 Å². The molecule has 30 heavy (non-hydrogen) atoms. The van der Waals surface area contributed by atoms with Crippen molar-refractivity contribution in [2.45, 2.75) is 38.3 Å². The predicted molar refractivity (Wildman–Crippen MR) is 114 cm³/mol. The lowest BCUT2D eigenvalue weighted by atomic mass is 9.97. The van der Waals surface area contributed by atoms with Gasteiger partial charge in [-0.15, -0.1) is 0 Å². The van der Waals surface area contributed by atoms with Crippen LogP contribution in [0.25, 0.3) is 0 Å². The summed E-state index contributed by atoms with van der Waals surface area (Å²) in [6.07, 6.45) is 1.55. The highest BCUT2D eigenvalue weighted by Crippen LogP contribution is 2.30. The van der Waals surface area contributed by atoms with Crippen molar-refractivity contribution in [3.63, 3.8) is 0 Å². The molecule has 2 aromatic carbocycles. The Balaban J connectivity index is 1.66. The van der Waals surface area contributed by atoms with Crippen LogP contribution in [-0.4, -0.2) is 38.7 Å². The van der Waals surface area contributed by atoms with Crippen molar-refractivity contribution in [3.05, 3.63) is 53.6 Å². The van der Waals surface area contributed by atoms with Crippen LogP contribution >= 0.6 is 0 Å². The molecule has 7 nitrogen and oxygen atoms in total. The molecule has 1 fully saturated rings. The highest BCUT2D eigenvalue weighted by atomic mass is 16.5. The monoisotopic (exact) mass is 412 g/mol. The smallest absolute Gasteiger partial charge is 0.228 e. The van der Waals surface area contributed by atoms with Crippen molar-refractivity contribution in [1.29, 1.82) is 0 Å². The number of amides is 2. The third kappa shape index (κ3) is 5.73. The fraction of sp³-hybridized carbons (Fsp3) is 0.391. The summed E-state index contributed by atoms with van der Waals surface area (Å²) in [5.74, 6) is 1.12. The molecule has 1 saturated heterocycles. The molecule has 0 spiro atoms. The minimum Gasteiger partial charge on any atom is -0.497 e. The Morgan fingerprint density at radius 2 is 1.97 bits per heavy atom. The second-order valence-electron chi connectivity index (χ2n) is 7.31. The van der Waals surface area contributed by atoms with Crippen molar-refractivity contribution in [1.82, 2.24) is 5.32 Å². The lowest BCUT2D eigenvalue weighted by molar-refractivity contribution is -0.120. The van der Waals surface area contributed by atoms with Gasteiger partial charge in [0.05, 0.1) is 26.7 Å². The summed E-state index contributed by atoms with van der Waals surface area (Å²) in [4.78, 5) is 24.0. The molecule has 2 aromatic rings. The molecule has 1 heterocycles. The number of hydrogen-bond acceptors (Lipinski definition) is 5. The van der Waals surface area contributed by atoms with Gasteiger partial charge in [0.25, 0.3) is 0 Å². The lowest BCUT2D eigenvalue weighted by Crippen LogP contribution is -2.38. The Bertz CT molecular complexity index is 899. The zero-order valence-corrected chi connectivity index (χ0v) is 17.6. The van der Waals surface area contributed by atoms with Crippen molar-refractivity contribution in [2.24, 2.45) is 0 Å². The van der Waals surface area contributed by atoms with E-state index >= 15 is 0 Å². The second kappa shape index (κ2) is 10.1. The van der Waals surface area contributed by atoms with E-state index in [1.807, 2.05) is 24.3 Å². The first kappa shape index (κ1) is 21.6. The van der Waals surface area contributed by atoms with Crippen LogP contribution in [-0.2, 0) is 20.7 Å². The second-order valence-corrected chi connectivity index (χ2v) is 7.31. The molecule has 3 rings (SSSR count). The van der Waals surface area contributed by atoms with Crippen LogP contribution in [0.15, 0.2) is 42.5 Å². The van der Waals surface area contributed by atoms with Crippen LogP contribution in [0.4, 0.5) is 5.69 Å². The minimum atomic E-state index is -0.153. The number of ether oxygens (including phenoxy) is 3. The van der Waals surface area contributed by atoms with E-state index in [4.69, 9.17) is 14.2 Å². The Labute approximate surface area is 176 Å². The van der Waals surface area contributed by atoms with E-state index in [-0.39, 0.29) is 30.4 Å². The normalized spacial score (nSPS) is 18.4. The SMILES string of the molecule is COc1ccc(OC)c(CC(=O)Nc2cccc([C@H]3C[C@@H](NC(C)=O)CCO3)c2)c1. The molecule has 0 bridgehead atoms. The largest absolute Gasteiger partial charge is 0.497 e. The lowest BCUT2D eigenvalue weighted by Gasteiger charge is -2.30. The van der Waals surface area contributed by atoms with Crippen LogP contribution in [0, 0.1) is 0 Å². The van der Waals surface area contributed by atoms with Gasteiger partial charge in [-0.1, -0.05) is 12.1 Å². The van der Waals surface area contributed by atoms with E-state index in [0.717, 1.165) is 17.5 Å². The zero-order valence-electron chi connectivity index (χ0n) is 17.6. The number of anilines is 1. The molecule has 2 N–H and O–H groups in total. The molecule has 1 aliphatic rings. The Kier molecular flexibility index (Phi) is 7.30. The quantitative estimate of drug-likeness (QED) is 0.729. The average Bonchev–Trinajstić information content (AvgIpc) is 2.73. The molecular weight excluding hydrogens is 384 g/mol. The van der Waals surface area contributed by atoms with Gasteiger partial charge in [0.15, 0.2) is 0 Å². The van der Waals surface area contributed by atoms with E-state index in [1.54, 1.807) is 32.4 Å². The highest BCUT2D eigenvalue weighted by molar-refractivity contribution is 5.92. The molecule has 0 radical (unpaired) electrons. The fourth-order valence-corrected chi connectivity index (χ4v) is 3.66. The summed E-state index contributed by atoms with van der Waals surface area (Å²) in [6.45, 7) is 2.11. The summed E-state index contributed by atoms with van der Waals surface area (Å²) in [7, 11) is 3.16. The predicted octanol–water partition coefficient (Wildman–Crippen LogP) is 3.24. The number of rotatable bonds is 7. The first-order valence-corrected chi connectivity index (χ1v) is 9.98. The molecular formula is C23H28N2O5. The maximum absolute atomic E-state index is 12.6. The molecule has 0 saturated carbocycles. The standard InChI is InChI=1S/C23H28N2O5/c1-15(26)24-19-9-10-30-22(14-19)16-5-4-6-18(11-16)25-23(27)13-17-12-20(28-2)7-8-21(17)29-3/h4-8,11-12,19,22H,9-10,13-14H2,1-3H3,(H,24,26)(H,25,27)/t19-,22+/m0/s1. The van der Waals surface area contributed by atoms with Crippen molar-refractivity contribution in [2.75, 3.05) is 26.1 Å². The topological polar surface area (TPSA) is 85.9 Å². The van der Waals surface area contributed by atoms with E-state index in [9.17, 15) is 9.59 Å². The van der Waals surface area contributed by atoms with Gasteiger partial charge in [0.1, 0.15) is 11.5 Å². The van der Waals surface area contributed by atoms with Gasteiger partial charge in [0, 0.05) is 30.8 Å². The molecule has 0 aromatic heterocycles. The number of methoxy groups -OCH3 is 2. The van der Waals surface area contributed by atoms with Crippen LogP contribution in [0.2, 0.25) is 0 Å². The van der Waals surface area contributed by atoms with Crippen LogP contribution < -0.4 is 20.1 Å². The first-order valence-electron chi connectivity index (χ1n) is 9.98. The number of nitrogens with one attached hydrogen (secondary N) is 2. The van der Waals surface area contributed by atoms with Crippen molar-refractivity contribution in [3.8, 4) is 11.5 Å². The number of hydrogen-bond donors (Lipinski definition) is 2. The van der Waals surface area contributed by atoms with Crippen LogP contribution in [0.1, 0.15) is 37.0 Å². The molecule has 1 aliphatic heterocycles. The fourth-order valence-electron chi connectivity index (χ4n) is 3.66. The summed E-state index contributed by atoms with van der Waals surface area (Å²) in [5, 5.41) is 5.91. The number of benzene rings is 2. The summed E-state index contributed by atoms with van der Waals surface area (Å²) in [5.41, 5.74) is 2.42. The maximum atomic E-state index is 12.6. The van der Waals surface area contributed by atoms with Crippen LogP contribution in [0.5, 0.6) is 11.5 Å². The third-order valence-electron chi connectivity index (χ3n) is 5.07. The number of carbonyl (C=O) groups excluding carboxylic acids is 2. The van der Waals surface area contributed by atoms with Gasteiger partial charge >= 0.3 is 0 Å². The summed E-state index contributed by atoms with van der Waals surface area (Å²) < 4.78 is 16.5. The summed E-state index contributed by atoms with van der Waals surface area (Å²) >= 11 is 0. The molecule has 2 amide bonds.